The van der Waals surface area contributed by atoms with Gasteiger partial charge in [-0.1, -0.05) is 35.4 Å². The highest BCUT2D eigenvalue weighted by atomic mass is 35.5. The average Bonchev–Trinajstić information content (AvgIpc) is 2.56. The molecule has 17 heavy (non-hydrogen) atoms. The Morgan fingerprint density at radius 3 is 2.35 bits per heavy atom. The van der Waals surface area contributed by atoms with Gasteiger partial charge in [0, 0.05) is 12.0 Å². The molecule has 84 valence electrons. The molecule has 0 unspecified atom stereocenters. The Hall–Kier alpha value is -1.38. The molecule has 1 aromatic carbocycles. The van der Waals surface area contributed by atoms with E-state index in [0.29, 0.717) is 26.7 Å². The number of carbonyl (C=O) groups is 2. The minimum Gasteiger partial charge on any atom is -0.294 e. The lowest BCUT2D eigenvalue weighted by Gasteiger charge is -2.06. The van der Waals surface area contributed by atoms with Crippen LogP contribution in [0.25, 0.3) is 5.57 Å². The average molecular weight is 265 g/mol. The molecular formula is C13H6Cl2O2. The number of ketones is 2. The van der Waals surface area contributed by atoms with Crippen LogP contribution in [0.2, 0.25) is 10.0 Å². The van der Waals surface area contributed by atoms with Crippen LogP contribution in [0, 0.1) is 0 Å². The van der Waals surface area contributed by atoms with Crippen LogP contribution in [0.5, 0.6) is 0 Å². The Balaban J connectivity index is 2.31. The third-order valence-electron chi connectivity index (χ3n) is 2.96. The molecule has 2 aliphatic carbocycles. The maximum atomic E-state index is 12.1. The first-order chi connectivity index (χ1) is 8.09. The van der Waals surface area contributed by atoms with E-state index in [1.807, 2.05) is 0 Å². The Bertz CT molecular complexity index is 639. The van der Waals surface area contributed by atoms with Gasteiger partial charge < -0.3 is 0 Å². The molecule has 0 atom stereocenters. The highest BCUT2D eigenvalue weighted by Gasteiger charge is 2.34. The van der Waals surface area contributed by atoms with Crippen molar-refractivity contribution in [3.63, 3.8) is 0 Å². The van der Waals surface area contributed by atoms with Crippen LogP contribution in [0.15, 0.2) is 29.9 Å². The summed E-state index contributed by atoms with van der Waals surface area (Å²) in [5, 5.41) is 0.716. The van der Waals surface area contributed by atoms with Gasteiger partial charge in [0.25, 0.3) is 0 Å². The van der Waals surface area contributed by atoms with Gasteiger partial charge in [0.05, 0.1) is 15.6 Å². The molecule has 0 N–H and O–H groups in total. The van der Waals surface area contributed by atoms with Crippen LogP contribution in [-0.4, -0.2) is 11.6 Å². The van der Waals surface area contributed by atoms with Gasteiger partial charge in [0.1, 0.15) is 0 Å². The highest BCUT2D eigenvalue weighted by molar-refractivity contribution is 6.44. The monoisotopic (exact) mass is 264 g/mol. The highest BCUT2D eigenvalue weighted by Crippen LogP contribution is 2.40. The van der Waals surface area contributed by atoms with Gasteiger partial charge in [-0.15, -0.1) is 0 Å². The number of hydrogen-bond acceptors (Lipinski definition) is 2. The van der Waals surface area contributed by atoms with Crippen LogP contribution >= 0.6 is 23.2 Å². The van der Waals surface area contributed by atoms with E-state index in [-0.39, 0.29) is 23.6 Å². The first kappa shape index (κ1) is 10.8. The van der Waals surface area contributed by atoms with Crippen molar-refractivity contribution in [1.82, 2.24) is 0 Å². The summed E-state index contributed by atoms with van der Waals surface area (Å²) >= 11 is 11.8. The second kappa shape index (κ2) is 3.56. The number of benzene rings is 1. The maximum Gasteiger partial charge on any atom is 0.197 e. The van der Waals surface area contributed by atoms with Crippen molar-refractivity contribution in [2.45, 2.75) is 6.42 Å². The maximum absolute atomic E-state index is 12.1. The quantitative estimate of drug-likeness (QED) is 0.673. The second-order valence-corrected chi connectivity index (χ2v) is 4.77. The van der Waals surface area contributed by atoms with Gasteiger partial charge >= 0.3 is 0 Å². The molecule has 3 rings (SSSR count). The van der Waals surface area contributed by atoms with Crippen molar-refractivity contribution in [3.05, 3.63) is 51.0 Å². The number of Topliss-reactive ketones (excluding diaryl/α,β-unsaturated/α-hetero) is 2. The van der Waals surface area contributed by atoms with E-state index in [9.17, 15) is 9.59 Å². The zero-order chi connectivity index (χ0) is 12.2. The normalized spacial score (nSPS) is 17.5. The van der Waals surface area contributed by atoms with Crippen molar-refractivity contribution >= 4 is 40.3 Å². The van der Waals surface area contributed by atoms with Crippen molar-refractivity contribution < 1.29 is 9.59 Å². The lowest BCUT2D eigenvalue weighted by atomic mass is 9.96. The van der Waals surface area contributed by atoms with E-state index >= 15 is 0 Å². The summed E-state index contributed by atoms with van der Waals surface area (Å²) in [7, 11) is 0. The van der Waals surface area contributed by atoms with Gasteiger partial charge in [-0.3, -0.25) is 9.59 Å². The number of fused-ring (bicyclic) bond motifs is 2. The molecule has 0 bridgehead atoms. The van der Waals surface area contributed by atoms with Crippen molar-refractivity contribution in [3.8, 4) is 0 Å². The topological polar surface area (TPSA) is 34.1 Å². The Kier molecular flexibility index (Phi) is 2.25. The molecule has 0 spiro atoms. The fourth-order valence-corrected chi connectivity index (χ4v) is 2.51. The minimum atomic E-state index is -0.247. The van der Waals surface area contributed by atoms with Crippen LogP contribution in [0.3, 0.4) is 0 Å². The fraction of sp³-hybridized carbons (Fsp3) is 0.0769. The molecule has 0 saturated carbocycles. The second-order valence-electron chi connectivity index (χ2n) is 3.96. The van der Waals surface area contributed by atoms with Gasteiger partial charge in [-0.05, 0) is 23.3 Å². The Morgan fingerprint density at radius 2 is 1.65 bits per heavy atom. The molecule has 4 heteroatoms. The van der Waals surface area contributed by atoms with Crippen molar-refractivity contribution in [2.24, 2.45) is 0 Å². The molecule has 0 saturated heterocycles. The van der Waals surface area contributed by atoms with E-state index < -0.39 is 0 Å². The number of allylic oxidation sites excluding steroid dienone is 4. The van der Waals surface area contributed by atoms with E-state index in [0.717, 1.165) is 0 Å². The number of hydrogen-bond donors (Lipinski definition) is 0. The minimum absolute atomic E-state index is 0.143. The third kappa shape index (κ3) is 1.41. The molecule has 0 radical (unpaired) electrons. The Morgan fingerprint density at radius 1 is 1.00 bits per heavy atom. The summed E-state index contributed by atoms with van der Waals surface area (Å²) in [5.41, 5.74) is 2.09. The predicted octanol–water partition coefficient (Wildman–Crippen LogP) is 3.47. The molecule has 2 aliphatic rings. The van der Waals surface area contributed by atoms with E-state index in [1.54, 1.807) is 18.2 Å². The molecule has 0 heterocycles. The molecular weight excluding hydrogens is 259 g/mol. The van der Waals surface area contributed by atoms with Crippen LogP contribution < -0.4 is 0 Å². The summed E-state index contributed by atoms with van der Waals surface area (Å²) < 4.78 is 0. The first-order valence-electron chi connectivity index (χ1n) is 5.07. The molecule has 0 aliphatic heterocycles. The van der Waals surface area contributed by atoms with Crippen molar-refractivity contribution in [2.75, 3.05) is 0 Å². The number of halogens is 2. The number of carbonyl (C=O) groups excluding carboxylic acids is 2. The van der Waals surface area contributed by atoms with Gasteiger partial charge in [-0.25, -0.2) is 0 Å². The lowest BCUT2D eigenvalue weighted by molar-refractivity contribution is -0.114. The summed E-state index contributed by atoms with van der Waals surface area (Å²) in [6.07, 6.45) is 3.83. The molecule has 2 nitrogen and oxygen atoms in total. The molecule has 0 aromatic heterocycles. The van der Waals surface area contributed by atoms with Crippen LogP contribution in [-0.2, 0) is 4.79 Å². The number of rotatable bonds is 0. The van der Waals surface area contributed by atoms with Crippen LogP contribution in [0.4, 0.5) is 0 Å². The standard InChI is InChI=1S/C13H6Cl2O2/c14-9-4-7-6-2-1-3-11(16)12(6)13(17)8(7)5-10(9)15/h1-2,4-5H,3H2. The van der Waals surface area contributed by atoms with E-state index in [2.05, 4.69) is 0 Å². The summed E-state index contributed by atoms with van der Waals surface area (Å²) in [5.74, 6) is -0.390. The summed E-state index contributed by atoms with van der Waals surface area (Å²) in [6.45, 7) is 0. The zero-order valence-corrected chi connectivity index (χ0v) is 10.1. The fourth-order valence-electron chi connectivity index (χ4n) is 2.19. The molecule has 0 fully saturated rings. The van der Waals surface area contributed by atoms with Gasteiger partial charge in [0.2, 0.25) is 0 Å². The largest absolute Gasteiger partial charge is 0.294 e. The summed E-state index contributed by atoms with van der Waals surface area (Å²) in [6, 6.07) is 3.17. The van der Waals surface area contributed by atoms with E-state index in [1.165, 1.54) is 6.07 Å². The van der Waals surface area contributed by atoms with Crippen LogP contribution in [0.1, 0.15) is 22.3 Å². The Labute approximate surface area is 108 Å². The molecule has 0 amide bonds. The third-order valence-corrected chi connectivity index (χ3v) is 3.68. The van der Waals surface area contributed by atoms with E-state index in [4.69, 9.17) is 23.2 Å². The van der Waals surface area contributed by atoms with Gasteiger partial charge in [-0.2, -0.15) is 0 Å². The smallest absolute Gasteiger partial charge is 0.197 e. The SMILES string of the molecule is O=C1CC=CC2=C1C(=O)c1cc(Cl)c(Cl)cc12. The predicted molar refractivity (Wildman–Crippen MR) is 66.5 cm³/mol. The summed E-state index contributed by atoms with van der Waals surface area (Å²) in [4.78, 5) is 23.8. The first-order valence-corrected chi connectivity index (χ1v) is 5.83. The van der Waals surface area contributed by atoms with Gasteiger partial charge in [0.15, 0.2) is 11.6 Å². The zero-order valence-electron chi connectivity index (χ0n) is 8.59. The van der Waals surface area contributed by atoms with Crippen molar-refractivity contribution in [1.29, 1.82) is 0 Å². The lowest BCUT2D eigenvalue weighted by Crippen LogP contribution is -2.11. The molecule has 1 aromatic rings.